The summed E-state index contributed by atoms with van der Waals surface area (Å²) >= 11 is 0. The first-order valence-corrected chi connectivity index (χ1v) is 5.41. The SMILES string of the molecule is NCC(C(F)F)C1COc2ccccc2C1. The number of ether oxygens (including phenoxy) is 1. The van der Waals surface area contributed by atoms with Crippen LogP contribution in [-0.2, 0) is 6.42 Å². The summed E-state index contributed by atoms with van der Waals surface area (Å²) in [5.74, 6) is -0.142. The van der Waals surface area contributed by atoms with Gasteiger partial charge in [-0.3, -0.25) is 0 Å². The molecule has 0 spiro atoms. The number of hydrogen-bond acceptors (Lipinski definition) is 2. The highest BCUT2D eigenvalue weighted by Crippen LogP contribution is 2.32. The highest BCUT2D eigenvalue weighted by molar-refractivity contribution is 5.35. The summed E-state index contributed by atoms with van der Waals surface area (Å²) in [4.78, 5) is 0. The molecule has 0 fully saturated rings. The summed E-state index contributed by atoms with van der Waals surface area (Å²) in [5, 5.41) is 0. The smallest absolute Gasteiger partial charge is 0.243 e. The molecule has 0 saturated heterocycles. The van der Waals surface area contributed by atoms with Gasteiger partial charge in [0.1, 0.15) is 5.75 Å². The lowest BCUT2D eigenvalue weighted by Gasteiger charge is -2.30. The van der Waals surface area contributed by atoms with E-state index in [1.165, 1.54) is 0 Å². The Morgan fingerprint density at radius 3 is 2.81 bits per heavy atom. The quantitative estimate of drug-likeness (QED) is 0.858. The summed E-state index contributed by atoms with van der Waals surface area (Å²) in [7, 11) is 0. The molecule has 2 unspecified atom stereocenters. The number of rotatable bonds is 3. The number of fused-ring (bicyclic) bond motifs is 1. The molecular formula is C12H15F2NO. The molecule has 0 saturated carbocycles. The Morgan fingerprint density at radius 1 is 1.38 bits per heavy atom. The number of nitrogens with two attached hydrogens (primary N) is 1. The first-order chi connectivity index (χ1) is 7.72. The van der Waals surface area contributed by atoms with Crippen molar-refractivity contribution in [1.29, 1.82) is 0 Å². The van der Waals surface area contributed by atoms with Crippen molar-refractivity contribution in [2.24, 2.45) is 17.6 Å². The van der Waals surface area contributed by atoms with E-state index in [0.717, 1.165) is 11.3 Å². The molecule has 0 bridgehead atoms. The van der Waals surface area contributed by atoms with Crippen molar-refractivity contribution in [3.8, 4) is 5.75 Å². The number of benzene rings is 1. The maximum atomic E-state index is 12.7. The Balaban J connectivity index is 2.12. The molecule has 2 N–H and O–H groups in total. The van der Waals surface area contributed by atoms with Crippen LogP contribution < -0.4 is 10.5 Å². The van der Waals surface area contributed by atoms with Gasteiger partial charge >= 0.3 is 0 Å². The van der Waals surface area contributed by atoms with E-state index < -0.39 is 12.3 Å². The van der Waals surface area contributed by atoms with Crippen LogP contribution >= 0.6 is 0 Å². The standard InChI is InChI=1S/C12H15F2NO/c13-12(14)10(6-15)9-5-8-3-1-2-4-11(8)16-7-9/h1-4,9-10,12H,5-7,15H2. The van der Waals surface area contributed by atoms with Crippen LogP contribution in [0.2, 0.25) is 0 Å². The van der Waals surface area contributed by atoms with E-state index in [2.05, 4.69) is 0 Å². The van der Waals surface area contributed by atoms with Gasteiger partial charge in [-0.1, -0.05) is 18.2 Å². The second-order valence-corrected chi connectivity index (χ2v) is 4.12. The number of halogens is 2. The summed E-state index contributed by atoms with van der Waals surface area (Å²) in [6, 6.07) is 7.56. The second-order valence-electron chi connectivity index (χ2n) is 4.12. The molecule has 16 heavy (non-hydrogen) atoms. The minimum atomic E-state index is -2.37. The highest BCUT2D eigenvalue weighted by Gasteiger charge is 2.32. The highest BCUT2D eigenvalue weighted by atomic mass is 19.3. The van der Waals surface area contributed by atoms with E-state index in [0.29, 0.717) is 13.0 Å². The third-order valence-corrected chi connectivity index (χ3v) is 3.11. The van der Waals surface area contributed by atoms with Gasteiger partial charge in [0.25, 0.3) is 0 Å². The maximum absolute atomic E-state index is 12.7. The lowest BCUT2D eigenvalue weighted by Crippen LogP contribution is -2.36. The molecule has 0 aromatic heterocycles. The lowest BCUT2D eigenvalue weighted by atomic mass is 9.86. The van der Waals surface area contributed by atoms with Gasteiger partial charge in [-0.25, -0.2) is 8.78 Å². The first-order valence-electron chi connectivity index (χ1n) is 5.41. The van der Waals surface area contributed by atoms with Gasteiger partial charge < -0.3 is 10.5 Å². The largest absolute Gasteiger partial charge is 0.493 e. The zero-order chi connectivity index (χ0) is 11.5. The van der Waals surface area contributed by atoms with Crippen LogP contribution in [0.5, 0.6) is 5.75 Å². The van der Waals surface area contributed by atoms with Crippen LogP contribution in [0.3, 0.4) is 0 Å². The van der Waals surface area contributed by atoms with Gasteiger partial charge in [-0.15, -0.1) is 0 Å². The average molecular weight is 227 g/mol. The fourth-order valence-electron chi connectivity index (χ4n) is 2.13. The number of para-hydroxylation sites is 1. The second kappa shape index (κ2) is 4.78. The molecule has 1 aliphatic heterocycles. The predicted molar refractivity (Wildman–Crippen MR) is 57.7 cm³/mol. The van der Waals surface area contributed by atoms with Crippen molar-refractivity contribution in [2.45, 2.75) is 12.8 Å². The molecule has 0 radical (unpaired) electrons. The van der Waals surface area contributed by atoms with Crippen LogP contribution in [0.15, 0.2) is 24.3 Å². The van der Waals surface area contributed by atoms with Crippen LogP contribution in [0.4, 0.5) is 8.78 Å². The van der Waals surface area contributed by atoms with Gasteiger partial charge in [-0.2, -0.15) is 0 Å². The van der Waals surface area contributed by atoms with E-state index in [-0.39, 0.29) is 12.5 Å². The Morgan fingerprint density at radius 2 is 2.12 bits per heavy atom. The van der Waals surface area contributed by atoms with E-state index in [4.69, 9.17) is 10.5 Å². The van der Waals surface area contributed by atoms with Crippen LogP contribution in [0.1, 0.15) is 5.56 Å². The molecule has 88 valence electrons. The van der Waals surface area contributed by atoms with Gasteiger partial charge in [0.2, 0.25) is 6.43 Å². The molecule has 1 aliphatic rings. The summed E-state index contributed by atoms with van der Waals surface area (Å²) in [5.41, 5.74) is 6.39. The van der Waals surface area contributed by atoms with Gasteiger partial charge in [0.15, 0.2) is 0 Å². The Hall–Kier alpha value is -1.16. The Bertz CT molecular complexity index is 357. The molecule has 2 atom stereocenters. The average Bonchev–Trinajstić information content (AvgIpc) is 2.29. The van der Waals surface area contributed by atoms with Crippen molar-refractivity contribution in [3.63, 3.8) is 0 Å². The van der Waals surface area contributed by atoms with Crippen molar-refractivity contribution in [1.82, 2.24) is 0 Å². The van der Waals surface area contributed by atoms with Gasteiger partial charge in [-0.05, 0) is 18.1 Å². The maximum Gasteiger partial charge on any atom is 0.243 e. The van der Waals surface area contributed by atoms with Crippen molar-refractivity contribution in [2.75, 3.05) is 13.2 Å². The minimum absolute atomic E-state index is 0.00780. The zero-order valence-electron chi connectivity index (χ0n) is 8.90. The summed E-state index contributed by atoms with van der Waals surface area (Å²) in [6.45, 7) is 0.344. The fourth-order valence-corrected chi connectivity index (χ4v) is 2.13. The minimum Gasteiger partial charge on any atom is -0.493 e. The molecule has 2 rings (SSSR count). The van der Waals surface area contributed by atoms with E-state index in [1.807, 2.05) is 24.3 Å². The van der Waals surface area contributed by atoms with Gasteiger partial charge in [0, 0.05) is 18.4 Å². The third kappa shape index (κ3) is 2.16. The number of alkyl halides is 2. The lowest BCUT2D eigenvalue weighted by molar-refractivity contribution is 0.0270. The molecule has 1 heterocycles. The molecular weight excluding hydrogens is 212 g/mol. The molecule has 1 aromatic rings. The van der Waals surface area contributed by atoms with E-state index in [9.17, 15) is 8.78 Å². The number of hydrogen-bond donors (Lipinski definition) is 1. The van der Waals surface area contributed by atoms with Gasteiger partial charge in [0.05, 0.1) is 6.61 Å². The Labute approximate surface area is 93.4 Å². The molecule has 2 nitrogen and oxygen atoms in total. The third-order valence-electron chi connectivity index (χ3n) is 3.11. The van der Waals surface area contributed by atoms with E-state index in [1.54, 1.807) is 0 Å². The Kier molecular flexibility index (Phi) is 3.39. The topological polar surface area (TPSA) is 35.2 Å². The molecule has 1 aromatic carbocycles. The predicted octanol–water partition coefficient (Wildman–Crippen LogP) is 2.08. The van der Waals surface area contributed by atoms with Crippen molar-refractivity contribution >= 4 is 0 Å². The van der Waals surface area contributed by atoms with Crippen LogP contribution in [-0.4, -0.2) is 19.6 Å². The summed E-state index contributed by atoms with van der Waals surface area (Å²) in [6.07, 6.45) is -1.74. The fraction of sp³-hybridized carbons (Fsp3) is 0.500. The molecule has 0 amide bonds. The van der Waals surface area contributed by atoms with Crippen LogP contribution in [0, 0.1) is 11.8 Å². The molecule has 4 heteroatoms. The summed E-state index contributed by atoms with van der Waals surface area (Å²) < 4.78 is 30.9. The normalized spacial score (nSPS) is 21.4. The van der Waals surface area contributed by atoms with Crippen LogP contribution in [0.25, 0.3) is 0 Å². The van der Waals surface area contributed by atoms with E-state index >= 15 is 0 Å². The molecule has 0 aliphatic carbocycles. The van der Waals surface area contributed by atoms with Crippen molar-refractivity contribution in [3.05, 3.63) is 29.8 Å². The van der Waals surface area contributed by atoms with Crippen molar-refractivity contribution < 1.29 is 13.5 Å². The zero-order valence-corrected chi connectivity index (χ0v) is 8.90. The first kappa shape index (κ1) is 11.3. The monoisotopic (exact) mass is 227 g/mol.